The van der Waals surface area contributed by atoms with Crippen LogP contribution in [0.4, 0.5) is 11.4 Å². The second-order valence-corrected chi connectivity index (χ2v) is 6.82. The minimum Gasteiger partial charge on any atom is -0.486 e. The monoisotopic (exact) mass is 400 g/mol. The van der Waals surface area contributed by atoms with E-state index in [1.807, 2.05) is 0 Å². The van der Waals surface area contributed by atoms with E-state index in [9.17, 15) is 14.4 Å². The predicted molar refractivity (Wildman–Crippen MR) is 109 cm³/mol. The number of imide groups is 1. The van der Waals surface area contributed by atoms with Gasteiger partial charge in [-0.15, -0.1) is 0 Å². The van der Waals surface area contributed by atoms with Gasteiger partial charge in [-0.2, -0.15) is 0 Å². The molecule has 0 atom stereocenters. The molecule has 0 saturated heterocycles. The number of benzene rings is 3. The van der Waals surface area contributed by atoms with Gasteiger partial charge >= 0.3 is 0 Å². The summed E-state index contributed by atoms with van der Waals surface area (Å²) in [5.74, 6) is -0.235. The van der Waals surface area contributed by atoms with E-state index in [0.29, 0.717) is 36.0 Å². The Morgan fingerprint density at radius 2 is 1.60 bits per heavy atom. The molecule has 30 heavy (non-hydrogen) atoms. The number of fused-ring (bicyclic) bond motifs is 2. The summed E-state index contributed by atoms with van der Waals surface area (Å²) < 4.78 is 11.0. The summed E-state index contributed by atoms with van der Waals surface area (Å²) in [7, 11) is 0. The molecule has 0 spiro atoms. The van der Waals surface area contributed by atoms with E-state index in [-0.39, 0.29) is 16.8 Å². The van der Waals surface area contributed by atoms with Crippen molar-refractivity contribution in [2.45, 2.75) is 0 Å². The Bertz CT molecular complexity index is 1190. The van der Waals surface area contributed by atoms with Crippen molar-refractivity contribution in [3.63, 3.8) is 0 Å². The van der Waals surface area contributed by atoms with Gasteiger partial charge in [0.2, 0.25) is 0 Å². The molecule has 2 heterocycles. The number of amides is 3. The number of anilines is 2. The first-order valence-electron chi connectivity index (χ1n) is 9.41. The van der Waals surface area contributed by atoms with Gasteiger partial charge in [-0.1, -0.05) is 24.3 Å². The van der Waals surface area contributed by atoms with Crippen molar-refractivity contribution in [1.29, 1.82) is 0 Å². The SMILES string of the molecule is O=C(Nc1cccc2c1C(=O)N(c1ccccc1)C2=O)c1ccc2c(c1)OCCO2. The first-order chi connectivity index (χ1) is 14.6. The summed E-state index contributed by atoms with van der Waals surface area (Å²) >= 11 is 0. The molecule has 1 N–H and O–H groups in total. The molecule has 3 aromatic carbocycles. The van der Waals surface area contributed by atoms with Crippen molar-refractivity contribution in [2.75, 3.05) is 23.4 Å². The first kappa shape index (κ1) is 17.9. The molecule has 0 aliphatic carbocycles. The second-order valence-electron chi connectivity index (χ2n) is 6.82. The lowest BCUT2D eigenvalue weighted by Crippen LogP contribution is -2.29. The molecule has 2 aliphatic rings. The highest BCUT2D eigenvalue weighted by atomic mass is 16.6. The zero-order valence-electron chi connectivity index (χ0n) is 15.8. The number of rotatable bonds is 3. The van der Waals surface area contributed by atoms with E-state index in [2.05, 4.69) is 5.32 Å². The van der Waals surface area contributed by atoms with E-state index >= 15 is 0 Å². The molecule has 0 aromatic heterocycles. The highest BCUT2D eigenvalue weighted by Gasteiger charge is 2.38. The van der Waals surface area contributed by atoms with E-state index in [1.165, 1.54) is 0 Å². The third-order valence-electron chi connectivity index (χ3n) is 4.98. The fourth-order valence-corrected chi connectivity index (χ4v) is 3.58. The van der Waals surface area contributed by atoms with E-state index in [1.54, 1.807) is 66.7 Å². The molecule has 0 bridgehead atoms. The van der Waals surface area contributed by atoms with Crippen LogP contribution in [0.15, 0.2) is 66.7 Å². The fraction of sp³-hybridized carbons (Fsp3) is 0.0870. The summed E-state index contributed by atoms with van der Waals surface area (Å²) in [6, 6.07) is 18.4. The first-order valence-corrected chi connectivity index (χ1v) is 9.41. The Morgan fingerprint density at radius 1 is 0.833 bits per heavy atom. The predicted octanol–water partition coefficient (Wildman–Crippen LogP) is 3.51. The number of carbonyl (C=O) groups is 3. The van der Waals surface area contributed by atoms with Crippen LogP contribution in [0.2, 0.25) is 0 Å². The average molecular weight is 400 g/mol. The molecule has 0 unspecified atom stereocenters. The van der Waals surface area contributed by atoms with E-state index in [0.717, 1.165) is 4.90 Å². The van der Waals surface area contributed by atoms with Crippen LogP contribution in [0.1, 0.15) is 31.1 Å². The maximum Gasteiger partial charge on any atom is 0.268 e. The molecule has 0 saturated carbocycles. The Hall–Kier alpha value is -4.13. The van der Waals surface area contributed by atoms with Crippen molar-refractivity contribution in [3.05, 3.63) is 83.4 Å². The maximum absolute atomic E-state index is 13.1. The summed E-state index contributed by atoms with van der Waals surface area (Å²) in [6.07, 6.45) is 0. The summed E-state index contributed by atoms with van der Waals surface area (Å²) in [6.45, 7) is 0.874. The molecule has 3 amide bonds. The number of hydrogen-bond donors (Lipinski definition) is 1. The van der Waals surface area contributed by atoms with Gasteiger partial charge in [-0.25, -0.2) is 4.90 Å². The minimum absolute atomic E-state index is 0.178. The Kier molecular flexibility index (Phi) is 4.21. The molecule has 0 radical (unpaired) electrons. The number of ether oxygens (including phenoxy) is 2. The van der Waals surface area contributed by atoms with Gasteiger partial charge in [-0.3, -0.25) is 14.4 Å². The lowest BCUT2D eigenvalue weighted by molar-refractivity contribution is 0.0926. The zero-order chi connectivity index (χ0) is 20.7. The molecule has 5 rings (SSSR count). The molecule has 0 fully saturated rings. The molecule has 7 heteroatoms. The van der Waals surface area contributed by atoms with Gasteiger partial charge < -0.3 is 14.8 Å². The molecule has 7 nitrogen and oxygen atoms in total. The van der Waals surface area contributed by atoms with E-state index < -0.39 is 17.7 Å². The van der Waals surface area contributed by atoms with Crippen LogP contribution in [0.25, 0.3) is 0 Å². The topological polar surface area (TPSA) is 84.9 Å². The van der Waals surface area contributed by atoms with Crippen molar-refractivity contribution < 1.29 is 23.9 Å². The van der Waals surface area contributed by atoms with Crippen molar-refractivity contribution >= 4 is 29.1 Å². The molecule has 3 aromatic rings. The normalized spacial score (nSPS) is 14.5. The highest BCUT2D eigenvalue weighted by Crippen LogP contribution is 2.34. The quantitative estimate of drug-likeness (QED) is 0.680. The van der Waals surface area contributed by atoms with Crippen molar-refractivity contribution in [3.8, 4) is 11.5 Å². The van der Waals surface area contributed by atoms with E-state index in [4.69, 9.17) is 9.47 Å². The summed E-state index contributed by atoms with van der Waals surface area (Å²) in [5, 5.41) is 2.75. The number of carbonyl (C=O) groups excluding carboxylic acids is 3. The Balaban J connectivity index is 1.46. The van der Waals surface area contributed by atoms with Crippen LogP contribution in [-0.4, -0.2) is 30.9 Å². The molecule has 148 valence electrons. The molecular weight excluding hydrogens is 384 g/mol. The van der Waals surface area contributed by atoms with Gasteiger partial charge in [0.25, 0.3) is 17.7 Å². The number of para-hydroxylation sites is 1. The summed E-state index contributed by atoms with van der Waals surface area (Å²) in [4.78, 5) is 39.8. The van der Waals surface area contributed by atoms with Crippen LogP contribution in [-0.2, 0) is 0 Å². The van der Waals surface area contributed by atoms with Gasteiger partial charge in [0.1, 0.15) is 13.2 Å². The zero-order valence-corrected chi connectivity index (χ0v) is 15.8. The smallest absolute Gasteiger partial charge is 0.268 e. The van der Waals surface area contributed by atoms with Gasteiger partial charge in [0, 0.05) is 5.56 Å². The fourth-order valence-electron chi connectivity index (χ4n) is 3.58. The van der Waals surface area contributed by atoms with Crippen LogP contribution in [0.5, 0.6) is 11.5 Å². The highest BCUT2D eigenvalue weighted by molar-refractivity contribution is 6.36. The minimum atomic E-state index is -0.473. The standard InChI is InChI=1S/C23H16N2O5/c26-21(14-9-10-18-19(13-14)30-12-11-29-18)24-17-8-4-7-16-20(17)23(28)25(22(16)27)15-5-2-1-3-6-15/h1-10,13H,11-12H2,(H,24,26). The maximum atomic E-state index is 13.1. The van der Waals surface area contributed by atoms with Gasteiger partial charge in [0.05, 0.1) is 22.5 Å². The lowest BCUT2D eigenvalue weighted by Gasteiger charge is -2.18. The largest absolute Gasteiger partial charge is 0.486 e. The van der Waals surface area contributed by atoms with Crippen molar-refractivity contribution in [1.82, 2.24) is 0 Å². The van der Waals surface area contributed by atoms with Crippen molar-refractivity contribution in [2.24, 2.45) is 0 Å². The molecule has 2 aliphatic heterocycles. The third-order valence-corrected chi connectivity index (χ3v) is 4.98. The van der Waals surface area contributed by atoms with Gasteiger partial charge in [0.15, 0.2) is 11.5 Å². The Morgan fingerprint density at radius 3 is 2.40 bits per heavy atom. The lowest BCUT2D eigenvalue weighted by atomic mass is 10.1. The molecular formula is C23H16N2O5. The number of nitrogens with zero attached hydrogens (tertiary/aromatic N) is 1. The van der Waals surface area contributed by atoms with Crippen LogP contribution < -0.4 is 19.7 Å². The van der Waals surface area contributed by atoms with Crippen LogP contribution in [0.3, 0.4) is 0 Å². The third kappa shape index (κ3) is 2.88. The summed E-state index contributed by atoms with van der Waals surface area (Å²) in [5.41, 5.74) is 1.55. The number of hydrogen-bond acceptors (Lipinski definition) is 5. The van der Waals surface area contributed by atoms with Crippen LogP contribution >= 0.6 is 0 Å². The van der Waals surface area contributed by atoms with Crippen LogP contribution in [0, 0.1) is 0 Å². The Labute approximate surface area is 171 Å². The average Bonchev–Trinajstić information content (AvgIpc) is 3.05. The second kappa shape index (κ2) is 7.04. The number of nitrogens with one attached hydrogen (secondary N) is 1. The van der Waals surface area contributed by atoms with Gasteiger partial charge in [-0.05, 0) is 42.5 Å².